The van der Waals surface area contributed by atoms with E-state index >= 15 is 0 Å². The number of carbonyl (C=O) groups is 1. The van der Waals surface area contributed by atoms with Crippen LogP contribution in [0.3, 0.4) is 0 Å². The second-order valence-corrected chi connectivity index (χ2v) is 10.3. The molecule has 0 aromatic heterocycles. The Kier molecular flexibility index (Phi) is 4.65. The maximum Gasteiger partial charge on any atom is 0.162 e. The fourth-order valence-corrected chi connectivity index (χ4v) is 5.72. The highest BCUT2D eigenvalue weighted by Gasteiger charge is 2.42. The van der Waals surface area contributed by atoms with Crippen LogP contribution >= 0.6 is 0 Å². The predicted molar refractivity (Wildman–Crippen MR) is 125 cm³/mol. The number of rotatable bonds is 1. The molecule has 1 atom stereocenters. The van der Waals surface area contributed by atoms with Gasteiger partial charge in [-0.15, -0.1) is 0 Å². The van der Waals surface area contributed by atoms with E-state index in [0.29, 0.717) is 19.6 Å². The monoisotopic (exact) mass is 445 g/mol. The number of ketones is 1. The third kappa shape index (κ3) is 3.45. The van der Waals surface area contributed by atoms with Crippen LogP contribution in [-0.2, 0) is 11.2 Å². The maximum absolute atomic E-state index is 13.7. The molecule has 2 aromatic rings. The van der Waals surface area contributed by atoms with Gasteiger partial charge in [0.25, 0.3) is 0 Å². The molecule has 0 amide bonds. The summed E-state index contributed by atoms with van der Waals surface area (Å²) < 4.78 is 25.6. The number of benzene rings is 2. The Bertz CT molecular complexity index is 1210. The largest absolute Gasteiger partial charge is 0.490 e. The van der Waals surface area contributed by atoms with Crippen LogP contribution in [0.25, 0.3) is 5.70 Å². The number of Topliss-reactive ketones (excluding diaryl/α,β-unsaturated/α-hetero) is 1. The fraction of sp³-hybridized carbons (Fsp3) is 0.393. The van der Waals surface area contributed by atoms with Crippen molar-refractivity contribution in [3.8, 4) is 11.5 Å². The molecule has 5 heteroatoms. The molecule has 0 N–H and O–H groups in total. The lowest BCUT2D eigenvalue weighted by Gasteiger charge is -2.46. The lowest BCUT2D eigenvalue weighted by atomic mass is 9.69. The average molecular weight is 446 g/mol. The van der Waals surface area contributed by atoms with Gasteiger partial charge >= 0.3 is 0 Å². The molecule has 0 spiro atoms. The second kappa shape index (κ2) is 7.47. The van der Waals surface area contributed by atoms with Crippen molar-refractivity contribution < 1.29 is 18.7 Å². The minimum Gasteiger partial charge on any atom is -0.490 e. The normalized spacial score (nSPS) is 23.2. The van der Waals surface area contributed by atoms with Gasteiger partial charge in [-0.3, -0.25) is 4.79 Å². The highest BCUT2D eigenvalue weighted by atomic mass is 19.1. The van der Waals surface area contributed by atoms with E-state index in [0.717, 1.165) is 65.4 Å². The van der Waals surface area contributed by atoms with E-state index in [1.807, 2.05) is 12.1 Å². The lowest BCUT2D eigenvalue weighted by molar-refractivity contribution is -0.118. The first-order valence-corrected chi connectivity index (χ1v) is 11.8. The minimum atomic E-state index is -0.267. The maximum atomic E-state index is 13.7. The number of ether oxygens (including phenoxy) is 2. The molecule has 33 heavy (non-hydrogen) atoms. The van der Waals surface area contributed by atoms with Crippen molar-refractivity contribution in [1.29, 1.82) is 0 Å². The smallest absolute Gasteiger partial charge is 0.162 e. The Morgan fingerprint density at radius 1 is 1.03 bits per heavy atom. The van der Waals surface area contributed by atoms with Crippen LogP contribution in [0, 0.1) is 11.2 Å². The number of allylic oxidation sites excluding steroid dienone is 3. The van der Waals surface area contributed by atoms with Gasteiger partial charge in [-0.1, -0.05) is 26.0 Å². The quantitative estimate of drug-likeness (QED) is 0.571. The number of carbonyl (C=O) groups excluding carboxylic acids is 1. The molecule has 6 rings (SSSR count). The number of halogens is 1. The summed E-state index contributed by atoms with van der Waals surface area (Å²) in [5.41, 5.74) is 6.36. The van der Waals surface area contributed by atoms with E-state index < -0.39 is 0 Å². The Balaban J connectivity index is 1.52. The highest BCUT2D eigenvalue weighted by molar-refractivity contribution is 6.01. The van der Waals surface area contributed by atoms with Crippen molar-refractivity contribution in [1.82, 2.24) is 4.90 Å². The van der Waals surface area contributed by atoms with Gasteiger partial charge in [-0.2, -0.15) is 0 Å². The first-order valence-electron chi connectivity index (χ1n) is 11.8. The summed E-state index contributed by atoms with van der Waals surface area (Å²) in [6, 6.07) is 10.8. The van der Waals surface area contributed by atoms with Crippen LogP contribution in [0.4, 0.5) is 4.39 Å². The first kappa shape index (κ1) is 20.5. The Labute approximate surface area is 193 Å². The first-order chi connectivity index (χ1) is 15.9. The van der Waals surface area contributed by atoms with Crippen LogP contribution < -0.4 is 9.47 Å². The molecule has 4 aliphatic rings. The van der Waals surface area contributed by atoms with Crippen molar-refractivity contribution in [2.45, 2.75) is 45.4 Å². The average Bonchev–Trinajstić information content (AvgIpc) is 3.01. The van der Waals surface area contributed by atoms with E-state index in [4.69, 9.17) is 9.47 Å². The highest BCUT2D eigenvalue weighted by Crippen LogP contribution is 2.51. The Morgan fingerprint density at radius 3 is 2.52 bits per heavy atom. The zero-order chi connectivity index (χ0) is 22.7. The van der Waals surface area contributed by atoms with Gasteiger partial charge < -0.3 is 14.4 Å². The molecule has 0 saturated heterocycles. The number of hydrogen-bond donors (Lipinski definition) is 0. The van der Waals surface area contributed by atoms with E-state index in [-0.39, 0.29) is 22.9 Å². The Hall–Kier alpha value is -3.08. The number of nitrogens with zero attached hydrogens (tertiary/aromatic N) is 1. The van der Waals surface area contributed by atoms with E-state index in [2.05, 4.69) is 37.0 Å². The topological polar surface area (TPSA) is 38.8 Å². The van der Waals surface area contributed by atoms with Gasteiger partial charge in [-0.25, -0.2) is 4.39 Å². The van der Waals surface area contributed by atoms with E-state index in [1.54, 1.807) is 0 Å². The van der Waals surface area contributed by atoms with Gasteiger partial charge in [0.05, 0.1) is 13.2 Å². The van der Waals surface area contributed by atoms with Crippen LogP contribution in [-0.4, -0.2) is 30.4 Å². The summed E-state index contributed by atoms with van der Waals surface area (Å²) in [7, 11) is 0. The third-order valence-electron chi connectivity index (χ3n) is 7.23. The Morgan fingerprint density at radius 2 is 1.76 bits per heavy atom. The van der Waals surface area contributed by atoms with Crippen molar-refractivity contribution in [3.63, 3.8) is 0 Å². The van der Waals surface area contributed by atoms with Crippen molar-refractivity contribution in [3.05, 3.63) is 76.3 Å². The third-order valence-corrected chi connectivity index (χ3v) is 7.23. The summed E-state index contributed by atoms with van der Waals surface area (Å²) in [5.74, 6) is 1.36. The molecule has 0 bridgehead atoms. The summed E-state index contributed by atoms with van der Waals surface area (Å²) in [6.07, 6.45) is 5.34. The SMILES string of the molecule is CC1(C)CC(=O)C2=C(C1)N1CCc3cc4c(cc3C1=CC2c1ccc(F)cc1)OCCCO4. The van der Waals surface area contributed by atoms with Crippen molar-refractivity contribution in [2.24, 2.45) is 5.41 Å². The lowest BCUT2D eigenvalue weighted by Crippen LogP contribution is -2.40. The predicted octanol–water partition coefficient (Wildman–Crippen LogP) is 5.63. The minimum absolute atomic E-state index is 0.0866. The number of hydrogen-bond acceptors (Lipinski definition) is 4. The van der Waals surface area contributed by atoms with E-state index in [1.165, 1.54) is 17.7 Å². The number of fused-ring (bicyclic) bond motifs is 5. The van der Waals surface area contributed by atoms with Crippen LogP contribution in [0.1, 0.15) is 55.7 Å². The molecule has 4 nitrogen and oxygen atoms in total. The molecule has 3 aliphatic heterocycles. The fourth-order valence-electron chi connectivity index (χ4n) is 5.72. The van der Waals surface area contributed by atoms with Gasteiger partial charge in [0.2, 0.25) is 0 Å². The van der Waals surface area contributed by atoms with Crippen molar-refractivity contribution >= 4 is 11.5 Å². The van der Waals surface area contributed by atoms with Crippen LogP contribution in [0.15, 0.2) is 53.7 Å². The van der Waals surface area contributed by atoms with Gasteiger partial charge in [0.1, 0.15) is 5.82 Å². The summed E-state index contributed by atoms with van der Waals surface area (Å²) >= 11 is 0. The summed E-state index contributed by atoms with van der Waals surface area (Å²) in [6.45, 7) is 6.48. The molecule has 170 valence electrons. The molecule has 1 aliphatic carbocycles. The second-order valence-electron chi connectivity index (χ2n) is 10.3. The zero-order valence-corrected chi connectivity index (χ0v) is 19.1. The summed E-state index contributed by atoms with van der Waals surface area (Å²) in [5, 5.41) is 0. The van der Waals surface area contributed by atoms with Gasteiger partial charge in [-0.05, 0) is 59.7 Å². The molecule has 1 unspecified atom stereocenters. The molecule has 0 fully saturated rings. The summed E-state index contributed by atoms with van der Waals surface area (Å²) in [4.78, 5) is 15.8. The van der Waals surface area contributed by atoms with Crippen molar-refractivity contribution in [2.75, 3.05) is 19.8 Å². The molecule has 3 heterocycles. The zero-order valence-electron chi connectivity index (χ0n) is 19.1. The molecular formula is C28H28FNO3. The van der Waals surface area contributed by atoms with Gasteiger partial charge in [0, 0.05) is 47.8 Å². The van der Waals surface area contributed by atoms with E-state index in [9.17, 15) is 9.18 Å². The molecule has 0 saturated carbocycles. The van der Waals surface area contributed by atoms with Gasteiger partial charge in [0.15, 0.2) is 17.3 Å². The molecule has 2 aromatic carbocycles. The van der Waals surface area contributed by atoms with Crippen LogP contribution in [0.5, 0.6) is 11.5 Å². The van der Waals surface area contributed by atoms with Crippen LogP contribution in [0.2, 0.25) is 0 Å². The molecular weight excluding hydrogens is 417 g/mol. The standard InChI is InChI=1S/C28H28FNO3/c1-28(2)15-23-27(24(31)16-28)21(17-4-6-19(29)7-5-17)13-22-20-14-26-25(32-10-3-11-33-26)12-18(20)8-9-30(22)23/h4-7,12-14,21H,3,8-11,15-16H2,1-2H3. The molecule has 0 radical (unpaired) electrons.